The van der Waals surface area contributed by atoms with E-state index in [9.17, 15) is 0 Å². The van der Waals surface area contributed by atoms with Crippen LogP contribution in [0.3, 0.4) is 0 Å². The van der Waals surface area contributed by atoms with E-state index in [1.54, 1.807) is 0 Å². The van der Waals surface area contributed by atoms with Crippen LogP contribution in [0.25, 0.3) is 28.0 Å². The van der Waals surface area contributed by atoms with Crippen molar-refractivity contribution in [2.45, 2.75) is 25.9 Å². The molecule has 5 heteroatoms. The third-order valence-corrected chi connectivity index (χ3v) is 5.43. The summed E-state index contributed by atoms with van der Waals surface area (Å²) in [7, 11) is 0. The molecule has 0 spiro atoms. The minimum absolute atomic E-state index is 0.253. The number of hydrogen-bond donors (Lipinski definition) is 1. The molecule has 0 bridgehead atoms. The number of hydrogen-bond acceptors (Lipinski definition) is 4. The van der Waals surface area contributed by atoms with Crippen molar-refractivity contribution < 1.29 is 4.74 Å². The highest BCUT2D eigenvalue weighted by Crippen LogP contribution is 2.31. The van der Waals surface area contributed by atoms with Crippen molar-refractivity contribution in [3.05, 3.63) is 72.4 Å². The summed E-state index contributed by atoms with van der Waals surface area (Å²) in [5.74, 6) is 0.939. The fraction of sp³-hybridized carbons (Fsp3) is 0.250. The van der Waals surface area contributed by atoms with Gasteiger partial charge in [-0.2, -0.15) is 9.61 Å². The summed E-state index contributed by atoms with van der Waals surface area (Å²) >= 11 is 0. The monoisotopic (exact) mass is 384 g/mol. The lowest BCUT2D eigenvalue weighted by Crippen LogP contribution is -2.20. The van der Waals surface area contributed by atoms with E-state index in [2.05, 4.69) is 47.8 Å². The van der Waals surface area contributed by atoms with E-state index in [4.69, 9.17) is 14.8 Å². The van der Waals surface area contributed by atoms with Gasteiger partial charge in [0.15, 0.2) is 5.65 Å². The van der Waals surface area contributed by atoms with E-state index in [0.29, 0.717) is 0 Å². The van der Waals surface area contributed by atoms with Gasteiger partial charge in [-0.15, -0.1) is 0 Å². The lowest BCUT2D eigenvalue weighted by molar-refractivity contribution is 0.120. The molecule has 0 saturated carbocycles. The van der Waals surface area contributed by atoms with Gasteiger partial charge in [0.1, 0.15) is 5.82 Å². The normalized spacial score (nSPS) is 16.4. The molecule has 5 rings (SSSR count). The first-order chi connectivity index (χ1) is 14.3. The molecule has 4 aromatic rings. The second-order valence-corrected chi connectivity index (χ2v) is 7.47. The van der Waals surface area contributed by atoms with Crippen molar-refractivity contribution in [3.8, 4) is 22.4 Å². The summed E-state index contributed by atoms with van der Waals surface area (Å²) in [5, 5.41) is 8.39. The third kappa shape index (κ3) is 3.49. The Morgan fingerprint density at radius 1 is 1.03 bits per heavy atom. The standard InChI is InChI=1S/C24H24N4O/c1-17-23(19-11-6-3-7-12-19)24-26-21(18-9-4-2-5-10-18)15-22(28(24)27-17)25-16-20-13-8-14-29-20/h2-7,9-12,15,20,25H,8,13-14,16H2,1H3/t20-/m0/s1. The number of fused-ring (bicyclic) bond motifs is 1. The Labute approximate surface area is 170 Å². The number of nitrogens with zero attached hydrogens (tertiary/aromatic N) is 3. The van der Waals surface area contributed by atoms with Crippen LogP contribution >= 0.6 is 0 Å². The van der Waals surface area contributed by atoms with Crippen molar-refractivity contribution in [2.24, 2.45) is 0 Å². The maximum Gasteiger partial charge on any atom is 0.166 e. The van der Waals surface area contributed by atoms with Crippen LogP contribution in [-0.4, -0.2) is 33.9 Å². The average Bonchev–Trinajstić information content (AvgIpc) is 3.40. The SMILES string of the molecule is Cc1nn2c(NC[C@@H]3CCCO3)cc(-c3ccccc3)nc2c1-c1ccccc1. The van der Waals surface area contributed by atoms with Crippen molar-refractivity contribution in [1.29, 1.82) is 0 Å². The maximum absolute atomic E-state index is 5.79. The molecule has 1 aliphatic rings. The molecule has 29 heavy (non-hydrogen) atoms. The summed E-state index contributed by atoms with van der Waals surface area (Å²) < 4.78 is 7.72. The zero-order valence-corrected chi connectivity index (χ0v) is 16.5. The summed E-state index contributed by atoms with van der Waals surface area (Å²) in [6.07, 6.45) is 2.48. The molecule has 0 aliphatic carbocycles. The fourth-order valence-electron chi connectivity index (χ4n) is 3.97. The van der Waals surface area contributed by atoms with Gasteiger partial charge in [0, 0.05) is 30.3 Å². The molecule has 0 radical (unpaired) electrons. The van der Waals surface area contributed by atoms with E-state index in [-0.39, 0.29) is 6.10 Å². The highest BCUT2D eigenvalue weighted by Gasteiger charge is 2.19. The summed E-state index contributed by atoms with van der Waals surface area (Å²) in [6, 6.07) is 22.7. The quantitative estimate of drug-likeness (QED) is 0.528. The second-order valence-electron chi connectivity index (χ2n) is 7.47. The molecule has 1 atom stereocenters. The first kappa shape index (κ1) is 17.9. The number of nitrogens with one attached hydrogen (secondary N) is 1. The van der Waals surface area contributed by atoms with Crippen molar-refractivity contribution >= 4 is 11.5 Å². The number of rotatable bonds is 5. The van der Waals surface area contributed by atoms with Crippen LogP contribution in [0.15, 0.2) is 66.7 Å². The van der Waals surface area contributed by atoms with Crippen molar-refractivity contribution in [3.63, 3.8) is 0 Å². The zero-order valence-electron chi connectivity index (χ0n) is 16.5. The largest absolute Gasteiger partial charge is 0.376 e. The van der Waals surface area contributed by atoms with Gasteiger partial charge in [0.25, 0.3) is 0 Å². The number of aromatic nitrogens is 3. The molecule has 5 nitrogen and oxygen atoms in total. The van der Waals surface area contributed by atoms with Crippen LogP contribution in [0.1, 0.15) is 18.5 Å². The van der Waals surface area contributed by atoms with Crippen LogP contribution in [0, 0.1) is 6.92 Å². The van der Waals surface area contributed by atoms with Crippen molar-refractivity contribution in [2.75, 3.05) is 18.5 Å². The molecule has 0 amide bonds. The Bertz CT molecular complexity index is 1120. The molecule has 1 N–H and O–H groups in total. The van der Waals surface area contributed by atoms with Gasteiger partial charge in [-0.25, -0.2) is 4.98 Å². The number of anilines is 1. The van der Waals surface area contributed by atoms with Gasteiger partial charge < -0.3 is 10.1 Å². The molecule has 1 fully saturated rings. The fourth-order valence-corrected chi connectivity index (χ4v) is 3.97. The van der Waals surface area contributed by atoms with Gasteiger partial charge >= 0.3 is 0 Å². The van der Waals surface area contributed by atoms with Gasteiger partial charge in [0.2, 0.25) is 0 Å². The Hall–Kier alpha value is -3.18. The topological polar surface area (TPSA) is 51.5 Å². The van der Waals surface area contributed by atoms with Crippen LogP contribution in [-0.2, 0) is 4.74 Å². The van der Waals surface area contributed by atoms with E-state index in [0.717, 1.165) is 65.5 Å². The van der Waals surface area contributed by atoms with Crippen molar-refractivity contribution in [1.82, 2.24) is 14.6 Å². The first-order valence-electron chi connectivity index (χ1n) is 10.2. The average molecular weight is 384 g/mol. The van der Waals surface area contributed by atoms with E-state index < -0.39 is 0 Å². The number of benzene rings is 2. The zero-order chi connectivity index (χ0) is 19.6. The molecule has 1 saturated heterocycles. The Balaban J connectivity index is 1.65. The van der Waals surface area contributed by atoms with E-state index >= 15 is 0 Å². The molecule has 2 aromatic carbocycles. The Morgan fingerprint density at radius 3 is 2.45 bits per heavy atom. The van der Waals surface area contributed by atoms with Crippen LogP contribution < -0.4 is 5.32 Å². The van der Waals surface area contributed by atoms with Crippen LogP contribution in [0.4, 0.5) is 5.82 Å². The number of aryl methyl sites for hydroxylation is 1. The minimum Gasteiger partial charge on any atom is -0.376 e. The van der Waals surface area contributed by atoms with Crippen LogP contribution in [0.2, 0.25) is 0 Å². The highest BCUT2D eigenvalue weighted by molar-refractivity contribution is 5.82. The van der Waals surface area contributed by atoms with Crippen LogP contribution in [0.5, 0.6) is 0 Å². The van der Waals surface area contributed by atoms with Gasteiger partial charge in [0.05, 0.1) is 17.5 Å². The molecule has 0 unspecified atom stereocenters. The summed E-state index contributed by atoms with van der Waals surface area (Å²) in [6.45, 7) is 3.67. The third-order valence-electron chi connectivity index (χ3n) is 5.43. The molecule has 2 aromatic heterocycles. The van der Waals surface area contributed by atoms with Gasteiger partial charge in [-0.3, -0.25) is 0 Å². The second kappa shape index (κ2) is 7.68. The highest BCUT2D eigenvalue weighted by atomic mass is 16.5. The van der Waals surface area contributed by atoms with E-state index in [1.807, 2.05) is 35.7 Å². The lowest BCUT2D eigenvalue weighted by atomic mass is 10.1. The molecule has 3 heterocycles. The molecular formula is C24H24N4O. The van der Waals surface area contributed by atoms with Gasteiger partial charge in [-0.05, 0) is 25.3 Å². The first-order valence-corrected chi connectivity index (χ1v) is 10.2. The maximum atomic E-state index is 5.79. The molecular weight excluding hydrogens is 360 g/mol. The smallest absolute Gasteiger partial charge is 0.166 e. The number of ether oxygens (including phenoxy) is 1. The summed E-state index contributed by atoms with van der Waals surface area (Å²) in [4.78, 5) is 5.01. The minimum atomic E-state index is 0.253. The molecule has 146 valence electrons. The van der Waals surface area contributed by atoms with Gasteiger partial charge in [-0.1, -0.05) is 60.7 Å². The van der Waals surface area contributed by atoms with E-state index in [1.165, 1.54) is 0 Å². The Morgan fingerprint density at radius 2 is 1.76 bits per heavy atom. The summed E-state index contributed by atoms with van der Waals surface area (Å²) in [5.41, 5.74) is 6.06. The predicted molar refractivity (Wildman–Crippen MR) is 116 cm³/mol. The predicted octanol–water partition coefficient (Wildman–Crippen LogP) is 4.96. The molecule has 1 aliphatic heterocycles. The lowest BCUT2D eigenvalue weighted by Gasteiger charge is -2.14. The Kier molecular flexibility index (Phi) is 4.74.